The predicted molar refractivity (Wildman–Crippen MR) is 113 cm³/mol. The quantitative estimate of drug-likeness (QED) is 0.800. The standard InChI is InChI=1S/C23H29N3O3/c1-5-19-15-25(23(29)21-16(2)13-17(3)24(4)22(21)28)12-11-20(27)26(19)14-18-9-7-6-8-10-18/h6-10,13,19H,5,11-12,14-15H2,1-4H3. The smallest absolute Gasteiger partial charge is 0.263 e. The van der Waals surface area contributed by atoms with Crippen molar-refractivity contribution in [3.63, 3.8) is 0 Å². The van der Waals surface area contributed by atoms with Gasteiger partial charge < -0.3 is 14.4 Å². The Morgan fingerprint density at radius 3 is 2.48 bits per heavy atom. The van der Waals surface area contributed by atoms with Gasteiger partial charge in [0, 0.05) is 44.8 Å². The highest BCUT2D eigenvalue weighted by Gasteiger charge is 2.32. The summed E-state index contributed by atoms with van der Waals surface area (Å²) in [5.74, 6) is -0.236. The normalized spacial score (nSPS) is 17.4. The number of carbonyl (C=O) groups is 2. The van der Waals surface area contributed by atoms with Gasteiger partial charge in [0.05, 0.1) is 0 Å². The molecule has 1 aromatic heterocycles. The molecule has 3 rings (SSSR count). The highest BCUT2D eigenvalue weighted by atomic mass is 16.2. The van der Waals surface area contributed by atoms with Crippen LogP contribution in [0.4, 0.5) is 0 Å². The van der Waals surface area contributed by atoms with Gasteiger partial charge in [-0.2, -0.15) is 0 Å². The van der Waals surface area contributed by atoms with Crippen LogP contribution in [0.15, 0.2) is 41.2 Å². The molecule has 1 aliphatic rings. The highest BCUT2D eigenvalue weighted by molar-refractivity contribution is 5.95. The average molecular weight is 396 g/mol. The van der Waals surface area contributed by atoms with Gasteiger partial charge in [0.15, 0.2) is 0 Å². The van der Waals surface area contributed by atoms with E-state index in [4.69, 9.17) is 0 Å². The Balaban J connectivity index is 1.88. The molecule has 0 aliphatic carbocycles. The van der Waals surface area contributed by atoms with Crippen molar-refractivity contribution < 1.29 is 9.59 Å². The number of hydrogen-bond donors (Lipinski definition) is 0. The molecule has 29 heavy (non-hydrogen) atoms. The fraction of sp³-hybridized carbons (Fsp3) is 0.435. The van der Waals surface area contributed by atoms with E-state index >= 15 is 0 Å². The van der Waals surface area contributed by atoms with Crippen molar-refractivity contribution in [1.29, 1.82) is 0 Å². The molecule has 2 heterocycles. The van der Waals surface area contributed by atoms with E-state index in [0.717, 1.165) is 17.7 Å². The first-order chi connectivity index (χ1) is 13.8. The highest BCUT2D eigenvalue weighted by Crippen LogP contribution is 2.19. The van der Waals surface area contributed by atoms with E-state index in [0.29, 0.717) is 25.2 Å². The molecule has 0 spiro atoms. The molecule has 1 atom stereocenters. The Morgan fingerprint density at radius 2 is 1.83 bits per heavy atom. The summed E-state index contributed by atoms with van der Waals surface area (Å²) >= 11 is 0. The summed E-state index contributed by atoms with van der Waals surface area (Å²) in [5.41, 5.74) is 2.49. The molecule has 1 unspecified atom stereocenters. The van der Waals surface area contributed by atoms with E-state index in [1.54, 1.807) is 18.9 Å². The minimum absolute atomic E-state index is 0.0459. The van der Waals surface area contributed by atoms with Crippen LogP contribution < -0.4 is 5.56 Å². The fourth-order valence-electron chi connectivity index (χ4n) is 3.95. The summed E-state index contributed by atoms with van der Waals surface area (Å²) in [5, 5.41) is 0. The molecule has 154 valence electrons. The van der Waals surface area contributed by atoms with E-state index in [1.807, 2.05) is 55.1 Å². The summed E-state index contributed by atoms with van der Waals surface area (Å²) in [7, 11) is 1.68. The number of nitrogens with zero attached hydrogens (tertiary/aromatic N) is 3. The zero-order valence-corrected chi connectivity index (χ0v) is 17.6. The molecule has 6 nitrogen and oxygen atoms in total. The summed E-state index contributed by atoms with van der Waals surface area (Å²) in [6.45, 7) is 6.97. The third-order valence-electron chi connectivity index (χ3n) is 5.82. The Hall–Kier alpha value is -2.89. The lowest BCUT2D eigenvalue weighted by Crippen LogP contribution is -2.45. The maximum Gasteiger partial charge on any atom is 0.263 e. The number of amides is 2. The number of pyridine rings is 1. The summed E-state index contributed by atoms with van der Waals surface area (Å²) < 4.78 is 1.50. The van der Waals surface area contributed by atoms with Crippen LogP contribution >= 0.6 is 0 Å². The first-order valence-corrected chi connectivity index (χ1v) is 10.1. The van der Waals surface area contributed by atoms with Gasteiger partial charge in [-0.25, -0.2) is 0 Å². The van der Waals surface area contributed by atoms with Crippen molar-refractivity contribution in [2.24, 2.45) is 7.05 Å². The topological polar surface area (TPSA) is 62.6 Å². The lowest BCUT2D eigenvalue weighted by atomic mass is 10.1. The largest absolute Gasteiger partial charge is 0.336 e. The minimum atomic E-state index is -0.282. The van der Waals surface area contributed by atoms with E-state index < -0.39 is 0 Å². The summed E-state index contributed by atoms with van der Waals surface area (Å²) in [6, 6.07) is 11.7. The molecule has 1 aliphatic heterocycles. The molecule has 0 bridgehead atoms. The van der Waals surface area contributed by atoms with Crippen LogP contribution in [-0.2, 0) is 18.4 Å². The van der Waals surface area contributed by atoms with Crippen LogP contribution in [-0.4, -0.2) is 45.3 Å². The maximum atomic E-state index is 13.3. The number of carbonyl (C=O) groups excluding carboxylic acids is 2. The van der Waals surface area contributed by atoms with Crippen molar-refractivity contribution in [2.45, 2.75) is 46.2 Å². The predicted octanol–water partition coefficient (Wildman–Crippen LogP) is 2.66. The molecule has 2 aromatic rings. The molecule has 1 fully saturated rings. The second-order valence-electron chi connectivity index (χ2n) is 7.78. The van der Waals surface area contributed by atoms with Crippen LogP contribution in [0.25, 0.3) is 0 Å². The third kappa shape index (κ3) is 4.26. The van der Waals surface area contributed by atoms with Crippen molar-refractivity contribution in [3.05, 3.63) is 69.1 Å². The molecule has 1 saturated heterocycles. The Bertz CT molecular complexity index is 965. The molecule has 0 saturated carbocycles. The molecule has 0 N–H and O–H groups in total. The molecule has 6 heteroatoms. The van der Waals surface area contributed by atoms with Gasteiger partial charge in [-0.05, 0) is 37.5 Å². The monoisotopic (exact) mass is 395 g/mol. The van der Waals surface area contributed by atoms with Gasteiger partial charge in [0.1, 0.15) is 5.56 Å². The van der Waals surface area contributed by atoms with Gasteiger partial charge in [0.25, 0.3) is 11.5 Å². The Morgan fingerprint density at radius 1 is 1.14 bits per heavy atom. The van der Waals surface area contributed by atoms with Crippen molar-refractivity contribution in [1.82, 2.24) is 14.4 Å². The molecular weight excluding hydrogens is 366 g/mol. The van der Waals surface area contributed by atoms with Crippen molar-refractivity contribution >= 4 is 11.8 Å². The average Bonchev–Trinajstić information content (AvgIpc) is 2.86. The number of aromatic nitrogens is 1. The Labute approximate surface area is 171 Å². The van der Waals surface area contributed by atoms with E-state index in [2.05, 4.69) is 0 Å². The van der Waals surface area contributed by atoms with E-state index in [1.165, 1.54) is 4.57 Å². The van der Waals surface area contributed by atoms with Crippen LogP contribution in [0.2, 0.25) is 0 Å². The SMILES string of the molecule is CCC1CN(C(=O)c2c(C)cc(C)n(C)c2=O)CCC(=O)N1Cc1ccccc1. The number of rotatable bonds is 4. The first kappa shape index (κ1) is 20.8. The second kappa shape index (κ2) is 8.64. The minimum Gasteiger partial charge on any atom is -0.336 e. The van der Waals surface area contributed by atoms with Crippen LogP contribution in [0.3, 0.4) is 0 Å². The van der Waals surface area contributed by atoms with Crippen molar-refractivity contribution in [3.8, 4) is 0 Å². The lowest BCUT2D eigenvalue weighted by Gasteiger charge is -2.31. The van der Waals surface area contributed by atoms with Crippen LogP contribution in [0, 0.1) is 13.8 Å². The molecule has 1 aromatic carbocycles. The van der Waals surface area contributed by atoms with Gasteiger partial charge in [-0.15, -0.1) is 0 Å². The zero-order chi connectivity index (χ0) is 21.1. The number of benzene rings is 1. The Kier molecular flexibility index (Phi) is 6.20. The van der Waals surface area contributed by atoms with Gasteiger partial charge in [-0.3, -0.25) is 14.4 Å². The van der Waals surface area contributed by atoms with E-state index in [-0.39, 0.29) is 35.4 Å². The lowest BCUT2D eigenvalue weighted by molar-refractivity contribution is -0.133. The van der Waals surface area contributed by atoms with Gasteiger partial charge >= 0.3 is 0 Å². The summed E-state index contributed by atoms with van der Waals surface area (Å²) in [6.07, 6.45) is 1.01. The van der Waals surface area contributed by atoms with Crippen molar-refractivity contribution in [2.75, 3.05) is 13.1 Å². The van der Waals surface area contributed by atoms with E-state index in [9.17, 15) is 14.4 Å². The molecular formula is C23H29N3O3. The van der Waals surface area contributed by atoms with Crippen LogP contribution in [0.5, 0.6) is 0 Å². The molecule has 2 amide bonds. The van der Waals surface area contributed by atoms with Gasteiger partial charge in [-0.1, -0.05) is 37.3 Å². The maximum absolute atomic E-state index is 13.3. The molecule has 0 radical (unpaired) electrons. The first-order valence-electron chi connectivity index (χ1n) is 10.1. The zero-order valence-electron chi connectivity index (χ0n) is 17.6. The number of aryl methyl sites for hydroxylation is 2. The number of hydrogen-bond acceptors (Lipinski definition) is 3. The van der Waals surface area contributed by atoms with Gasteiger partial charge in [0.2, 0.25) is 5.91 Å². The van der Waals surface area contributed by atoms with Crippen LogP contribution in [0.1, 0.15) is 46.9 Å². The third-order valence-corrected chi connectivity index (χ3v) is 5.82. The second-order valence-corrected chi connectivity index (χ2v) is 7.78. The fourth-order valence-corrected chi connectivity index (χ4v) is 3.95. The summed E-state index contributed by atoms with van der Waals surface area (Å²) in [4.78, 5) is 42.4.